The van der Waals surface area contributed by atoms with Crippen molar-refractivity contribution in [1.82, 2.24) is 9.88 Å². The molecule has 2 atom stereocenters. The van der Waals surface area contributed by atoms with E-state index in [1.807, 2.05) is 36.1 Å². The van der Waals surface area contributed by atoms with Gasteiger partial charge in [-0.15, -0.1) is 11.3 Å². The van der Waals surface area contributed by atoms with Crippen LogP contribution in [-0.4, -0.2) is 55.2 Å². The molecule has 2 unspecified atom stereocenters. The zero-order valence-electron chi connectivity index (χ0n) is 21.0. The van der Waals surface area contributed by atoms with Crippen LogP contribution in [0.25, 0.3) is 11.3 Å². The summed E-state index contributed by atoms with van der Waals surface area (Å²) in [7, 11) is 0. The third kappa shape index (κ3) is 4.87. The van der Waals surface area contributed by atoms with Crippen LogP contribution < -0.4 is 9.64 Å². The molecule has 0 radical (unpaired) electrons. The predicted octanol–water partition coefficient (Wildman–Crippen LogP) is 5.32. The Morgan fingerprint density at radius 2 is 1.97 bits per heavy atom. The number of benzene rings is 2. The molecule has 6 nitrogen and oxygen atoms in total. The Hall–Kier alpha value is -2.90. The molecule has 3 aromatic rings. The highest BCUT2D eigenvalue weighted by Crippen LogP contribution is 2.46. The number of carbonyl (C=O) groups is 1. The van der Waals surface area contributed by atoms with Crippen LogP contribution in [0.2, 0.25) is 0 Å². The van der Waals surface area contributed by atoms with Crippen molar-refractivity contribution in [3.63, 3.8) is 0 Å². The lowest BCUT2D eigenvalue weighted by atomic mass is 10.0. The summed E-state index contributed by atoms with van der Waals surface area (Å²) in [4.78, 5) is 22.2. The first-order chi connectivity index (χ1) is 17.5. The molecule has 0 bridgehead atoms. The number of aryl methyl sites for hydroxylation is 2. The molecular formula is C29H33N3O3S. The van der Waals surface area contributed by atoms with Gasteiger partial charge in [-0.1, -0.05) is 17.7 Å². The van der Waals surface area contributed by atoms with E-state index in [1.54, 1.807) is 11.3 Å². The van der Waals surface area contributed by atoms with Crippen molar-refractivity contribution in [2.45, 2.75) is 33.3 Å². The Balaban J connectivity index is 1.16. The van der Waals surface area contributed by atoms with Gasteiger partial charge in [0.05, 0.1) is 18.9 Å². The number of fused-ring (bicyclic) bond motifs is 1. The molecule has 1 aliphatic carbocycles. The maximum atomic E-state index is 12.8. The number of morpholine rings is 1. The van der Waals surface area contributed by atoms with E-state index in [2.05, 4.69) is 29.3 Å². The molecule has 0 N–H and O–H groups in total. The van der Waals surface area contributed by atoms with Crippen molar-refractivity contribution in [2.24, 2.45) is 11.8 Å². The number of carbonyl (C=O) groups excluding carboxylic acids is 1. The van der Waals surface area contributed by atoms with Gasteiger partial charge in [0.15, 0.2) is 5.13 Å². The van der Waals surface area contributed by atoms with Gasteiger partial charge < -0.3 is 19.3 Å². The van der Waals surface area contributed by atoms with Gasteiger partial charge in [-0.3, -0.25) is 4.79 Å². The van der Waals surface area contributed by atoms with Crippen LogP contribution in [0, 0.1) is 25.7 Å². The Morgan fingerprint density at radius 3 is 2.78 bits per heavy atom. The minimum Gasteiger partial charge on any atom is -0.488 e. The summed E-state index contributed by atoms with van der Waals surface area (Å²) in [5.74, 6) is 2.75. The molecule has 1 saturated carbocycles. The van der Waals surface area contributed by atoms with Crippen LogP contribution in [0.3, 0.4) is 0 Å². The van der Waals surface area contributed by atoms with E-state index in [0.29, 0.717) is 32.9 Å². The van der Waals surface area contributed by atoms with Crippen LogP contribution in [0.5, 0.6) is 5.75 Å². The average molecular weight is 504 g/mol. The van der Waals surface area contributed by atoms with E-state index >= 15 is 0 Å². The summed E-state index contributed by atoms with van der Waals surface area (Å²) in [6.07, 6.45) is 2.70. The third-order valence-corrected chi connectivity index (χ3v) is 8.64. The number of ether oxygens (including phenoxy) is 2. The van der Waals surface area contributed by atoms with Gasteiger partial charge in [-0.25, -0.2) is 4.98 Å². The fourth-order valence-corrected chi connectivity index (χ4v) is 6.22. The zero-order chi connectivity index (χ0) is 24.6. The Kier molecular flexibility index (Phi) is 6.44. The number of anilines is 1. The summed E-state index contributed by atoms with van der Waals surface area (Å²) in [5.41, 5.74) is 6.06. The van der Waals surface area contributed by atoms with Gasteiger partial charge in [-0.2, -0.15) is 0 Å². The highest BCUT2D eigenvalue weighted by molar-refractivity contribution is 7.14. The number of piperidine rings is 1. The molecule has 1 aromatic heterocycles. The second-order valence-electron chi connectivity index (χ2n) is 10.3. The Labute approximate surface area is 216 Å². The van der Waals surface area contributed by atoms with E-state index in [0.717, 1.165) is 63.8 Å². The first-order valence-electron chi connectivity index (χ1n) is 13.0. The molecule has 3 fully saturated rings. The highest BCUT2D eigenvalue weighted by Gasteiger charge is 2.42. The molecule has 0 spiro atoms. The topological polar surface area (TPSA) is 54.9 Å². The van der Waals surface area contributed by atoms with Crippen molar-refractivity contribution in [3.05, 3.63) is 64.0 Å². The normalized spacial score (nSPS) is 21.3. The molecule has 3 aliphatic rings. The molecule has 6 rings (SSSR count). The second kappa shape index (κ2) is 9.87. The van der Waals surface area contributed by atoms with Crippen LogP contribution in [0.1, 0.15) is 39.9 Å². The molecule has 2 aromatic carbocycles. The van der Waals surface area contributed by atoms with Gasteiger partial charge in [0.2, 0.25) is 0 Å². The SMILES string of the molecule is Cc1ccc(OCc2ccc(C(=O)N3CCOCC3)cc2C)c(-c2csc(N3CCC4CC4C3)n2)c1. The van der Waals surface area contributed by atoms with Crippen LogP contribution in [0.4, 0.5) is 5.13 Å². The lowest BCUT2D eigenvalue weighted by molar-refractivity contribution is 0.0303. The molecule has 2 saturated heterocycles. The van der Waals surface area contributed by atoms with E-state index < -0.39 is 0 Å². The summed E-state index contributed by atoms with van der Waals surface area (Å²) in [6, 6.07) is 12.2. The fraction of sp³-hybridized carbons (Fsp3) is 0.448. The molecule has 7 heteroatoms. The summed E-state index contributed by atoms with van der Waals surface area (Å²) in [5, 5.41) is 3.28. The quantitative estimate of drug-likeness (QED) is 0.455. The van der Waals surface area contributed by atoms with E-state index in [4.69, 9.17) is 14.5 Å². The maximum Gasteiger partial charge on any atom is 0.254 e. The minimum absolute atomic E-state index is 0.0694. The summed E-state index contributed by atoms with van der Waals surface area (Å²) < 4.78 is 11.7. The van der Waals surface area contributed by atoms with Crippen molar-refractivity contribution < 1.29 is 14.3 Å². The minimum atomic E-state index is 0.0694. The number of amides is 1. The summed E-state index contributed by atoms with van der Waals surface area (Å²) in [6.45, 7) is 9.37. The molecule has 188 valence electrons. The monoisotopic (exact) mass is 503 g/mol. The number of hydrogen-bond donors (Lipinski definition) is 0. The molecular weight excluding hydrogens is 470 g/mol. The van der Waals surface area contributed by atoms with Crippen molar-refractivity contribution in [3.8, 4) is 17.0 Å². The third-order valence-electron chi connectivity index (χ3n) is 7.74. The standard InChI is InChI=1S/C29H33N3O3S/c1-19-3-6-27(25(13-19)26-18-36-29(30-26)32-8-7-21-15-24(21)16-32)35-17-23-5-4-22(14-20(23)2)28(33)31-9-11-34-12-10-31/h3-6,13-14,18,21,24H,7-12,15-17H2,1-2H3. The molecule has 1 amide bonds. The van der Waals surface area contributed by atoms with Gasteiger partial charge in [0.25, 0.3) is 5.91 Å². The number of hydrogen-bond acceptors (Lipinski definition) is 6. The lowest BCUT2D eigenvalue weighted by Crippen LogP contribution is -2.40. The van der Waals surface area contributed by atoms with E-state index in [9.17, 15) is 4.79 Å². The van der Waals surface area contributed by atoms with E-state index in [1.165, 1.54) is 18.4 Å². The average Bonchev–Trinajstić information content (AvgIpc) is 3.52. The van der Waals surface area contributed by atoms with Gasteiger partial charge in [-0.05, 0) is 73.9 Å². The molecule has 2 aliphatic heterocycles. The van der Waals surface area contributed by atoms with Gasteiger partial charge in [0.1, 0.15) is 12.4 Å². The Morgan fingerprint density at radius 1 is 1.11 bits per heavy atom. The number of rotatable bonds is 6. The number of thiazole rings is 1. The number of aromatic nitrogens is 1. The van der Waals surface area contributed by atoms with Crippen molar-refractivity contribution in [1.29, 1.82) is 0 Å². The van der Waals surface area contributed by atoms with Gasteiger partial charge >= 0.3 is 0 Å². The zero-order valence-corrected chi connectivity index (χ0v) is 21.9. The summed E-state index contributed by atoms with van der Waals surface area (Å²) >= 11 is 1.73. The lowest BCUT2D eigenvalue weighted by Gasteiger charge is -2.27. The Bertz CT molecular complexity index is 1270. The smallest absolute Gasteiger partial charge is 0.254 e. The fourth-order valence-electron chi connectivity index (χ4n) is 5.36. The van der Waals surface area contributed by atoms with Gasteiger partial charge in [0, 0.05) is 42.7 Å². The largest absolute Gasteiger partial charge is 0.488 e. The van der Waals surface area contributed by atoms with E-state index in [-0.39, 0.29) is 5.91 Å². The van der Waals surface area contributed by atoms with Crippen molar-refractivity contribution in [2.75, 3.05) is 44.3 Å². The van der Waals surface area contributed by atoms with Crippen molar-refractivity contribution >= 4 is 22.4 Å². The molecule has 3 heterocycles. The molecule has 36 heavy (non-hydrogen) atoms. The highest BCUT2D eigenvalue weighted by atomic mass is 32.1. The second-order valence-corrected chi connectivity index (χ2v) is 11.2. The predicted molar refractivity (Wildman–Crippen MR) is 143 cm³/mol. The maximum absolute atomic E-state index is 12.8. The van der Waals surface area contributed by atoms with Crippen LogP contribution in [0.15, 0.2) is 41.8 Å². The number of nitrogens with zero attached hydrogens (tertiary/aromatic N) is 3. The van der Waals surface area contributed by atoms with Crippen LogP contribution in [-0.2, 0) is 11.3 Å². The first-order valence-corrected chi connectivity index (χ1v) is 13.8. The van der Waals surface area contributed by atoms with Crippen LogP contribution >= 0.6 is 11.3 Å². The first kappa shape index (κ1) is 23.5.